The number of benzene rings is 1. The maximum absolute atomic E-state index is 11.2. The molecule has 3 N–H and O–H groups in total. The van der Waals surface area contributed by atoms with Gasteiger partial charge >= 0.3 is 10.3 Å². The second kappa shape index (κ2) is 5.81. The molecule has 1 aromatic rings. The maximum Gasteiger partial charge on any atom is 0.380 e. The first-order valence-electron chi connectivity index (χ1n) is 9.36. The normalized spacial score (nSPS) is 38.8. The van der Waals surface area contributed by atoms with Crippen LogP contribution in [-0.2, 0) is 16.7 Å². The molecule has 1 aromatic carbocycles. The van der Waals surface area contributed by atoms with Gasteiger partial charge in [-0.25, -0.2) is 0 Å². The average Bonchev–Trinajstić information content (AvgIpc) is 2.88. The lowest BCUT2D eigenvalue weighted by Crippen LogP contribution is -2.50. The molecule has 3 aliphatic rings. The molecule has 0 amide bonds. The van der Waals surface area contributed by atoms with Gasteiger partial charge in [-0.15, -0.1) is 6.58 Å². The zero-order chi connectivity index (χ0) is 18.7. The molecule has 142 valence electrons. The van der Waals surface area contributed by atoms with Crippen LogP contribution in [-0.4, -0.2) is 19.6 Å². The highest BCUT2D eigenvalue weighted by atomic mass is 32.2. The van der Waals surface area contributed by atoms with Gasteiger partial charge in [-0.05, 0) is 84.5 Å². The predicted octanol–water partition coefficient (Wildman–Crippen LogP) is 3.04. The van der Waals surface area contributed by atoms with Gasteiger partial charge in [0.05, 0.1) is 6.10 Å². The zero-order valence-corrected chi connectivity index (χ0v) is 16.0. The summed E-state index contributed by atoms with van der Waals surface area (Å²) in [5.74, 6) is 1.07. The molecule has 3 aliphatic carbocycles. The van der Waals surface area contributed by atoms with E-state index in [1.807, 2.05) is 12.1 Å². The summed E-state index contributed by atoms with van der Waals surface area (Å²) in [4.78, 5) is 0. The Bertz CT molecular complexity index is 851. The number of aliphatic hydroxyl groups excluding tert-OH is 1. The van der Waals surface area contributed by atoms with Gasteiger partial charge in [-0.1, -0.05) is 19.1 Å². The Labute approximate surface area is 155 Å². The number of hydrogen-bond donors (Lipinski definition) is 2. The largest absolute Gasteiger partial charge is 0.393 e. The highest BCUT2D eigenvalue weighted by Crippen LogP contribution is 2.67. The molecule has 0 unspecified atom stereocenters. The van der Waals surface area contributed by atoms with Crippen LogP contribution in [0, 0.1) is 16.7 Å². The van der Waals surface area contributed by atoms with E-state index >= 15 is 0 Å². The third kappa shape index (κ3) is 2.53. The van der Waals surface area contributed by atoms with Gasteiger partial charge in [0.2, 0.25) is 0 Å². The number of aliphatic hydroxyl groups is 1. The Balaban J connectivity index is 1.74. The predicted molar refractivity (Wildman–Crippen MR) is 99.9 cm³/mol. The Hall–Kier alpha value is -1.37. The molecule has 5 atom stereocenters. The number of rotatable bonds is 3. The highest BCUT2D eigenvalue weighted by molar-refractivity contribution is 7.84. The lowest BCUT2D eigenvalue weighted by molar-refractivity contribution is -0.0528. The summed E-state index contributed by atoms with van der Waals surface area (Å²) in [6.07, 6.45) is 7.68. The van der Waals surface area contributed by atoms with E-state index in [1.165, 1.54) is 5.56 Å². The molecule has 0 aromatic heterocycles. The van der Waals surface area contributed by atoms with Crippen molar-refractivity contribution in [3.63, 3.8) is 0 Å². The molecule has 2 saturated carbocycles. The molecular formula is C20H27NO4S. The van der Waals surface area contributed by atoms with E-state index < -0.39 is 10.3 Å². The fraction of sp³-hybridized carbons (Fsp3) is 0.600. The molecule has 26 heavy (non-hydrogen) atoms. The van der Waals surface area contributed by atoms with Crippen molar-refractivity contribution >= 4 is 10.3 Å². The Kier molecular flexibility index (Phi) is 4.03. The topological polar surface area (TPSA) is 89.6 Å². The summed E-state index contributed by atoms with van der Waals surface area (Å²) in [6, 6.07) is 5.50. The third-order valence-electron chi connectivity index (χ3n) is 7.46. The van der Waals surface area contributed by atoms with Crippen molar-refractivity contribution < 1.29 is 17.7 Å². The molecule has 2 fully saturated rings. The summed E-state index contributed by atoms with van der Waals surface area (Å²) >= 11 is 0. The molecule has 0 aliphatic heterocycles. The summed E-state index contributed by atoms with van der Waals surface area (Å²) in [5.41, 5.74) is 2.37. The molecule has 5 nitrogen and oxygen atoms in total. The van der Waals surface area contributed by atoms with E-state index in [0.717, 1.165) is 44.1 Å². The maximum atomic E-state index is 11.2. The van der Waals surface area contributed by atoms with Gasteiger partial charge in [0.1, 0.15) is 5.75 Å². The molecule has 0 radical (unpaired) electrons. The van der Waals surface area contributed by atoms with Crippen molar-refractivity contribution in [1.29, 1.82) is 0 Å². The molecule has 0 heterocycles. The molecule has 4 rings (SSSR count). The van der Waals surface area contributed by atoms with Crippen LogP contribution in [0.25, 0.3) is 0 Å². The van der Waals surface area contributed by atoms with Gasteiger partial charge in [0.15, 0.2) is 0 Å². The Morgan fingerprint density at radius 2 is 2.08 bits per heavy atom. The fourth-order valence-corrected chi connectivity index (χ4v) is 6.63. The van der Waals surface area contributed by atoms with Crippen LogP contribution in [0.5, 0.6) is 5.75 Å². The molecule has 0 bridgehead atoms. The van der Waals surface area contributed by atoms with E-state index in [9.17, 15) is 13.5 Å². The van der Waals surface area contributed by atoms with Crippen LogP contribution in [0.3, 0.4) is 0 Å². The van der Waals surface area contributed by atoms with E-state index in [-0.39, 0.29) is 22.7 Å². The number of allylic oxidation sites excluding steroid dienone is 1. The third-order valence-corrected chi connectivity index (χ3v) is 7.89. The first-order chi connectivity index (χ1) is 12.2. The van der Waals surface area contributed by atoms with Gasteiger partial charge in [0, 0.05) is 0 Å². The minimum absolute atomic E-state index is 0.000201. The van der Waals surface area contributed by atoms with E-state index in [0.29, 0.717) is 11.8 Å². The number of nitrogens with two attached hydrogens (primary N) is 1. The second-order valence-electron chi connectivity index (χ2n) is 8.50. The minimum atomic E-state index is -4.01. The lowest BCUT2D eigenvalue weighted by atomic mass is 9.47. The van der Waals surface area contributed by atoms with Gasteiger partial charge < -0.3 is 9.29 Å². The summed E-state index contributed by atoms with van der Waals surface area (Å²) in [5, 5.41) is 15.6. The van der Waals surface area contributed by atoms with Crippen molar-refractivity contribution in [1.82, 2.24) is 0 Å². The summed E-state index contributed by atoms with van der Waals surface area (Å²) < 4.78 is 27.3. The van der Waals surface area contributed by atoms with Gasteiger partial charge in [-0.3, -0.25) is 0 Å². The molecule has 0 spiro atoms. The summed E-state index contributed by atoms with van der Waals surface area (Å²) in [6.45, 7) is 6.46. The van der Waals surface area contributed by atoms with Crippen molar-refractivity contribution in [2.24, 2.45) is 21.9 Å². The lowest BCUT2D eigenvalue weighted by Gasteiger charge is -2.57. The first kappa shape index (κ1) is 18.0. The first-order valence-corrected chi connectivity index (χ1v) is 10.8. The van der Waals surface area contributed by atoms with Crippen LogP contribution in [0.15, 0.2) is 30.9 Å². The van der Waals surface area contributed by atoms with Crippen LogP contribution in [0.1, 0.15) is 56.1 Å². The van der Waals surface area contributed by atoms with Crippen LogP contribution in [0.2, 0.25) is 0 Å². The monoisotopic (exact) mass is 377 g/mol. The highest BCUT2D eigenvalue weighted by Gasteiger charge is 2.60. The average molecular weight is 378 g/mol. The van der Waals surface area contributed by atoms with Crippen LogP contribution in [0.4, 0.5) is 0 Å². The quantitative estimate of drug-likeness (QED) is 0.792. The second-order valence-corrected chi connectivity index (χ2v) is 9.65. The van der Waals surface area contributed by atoms with Crippen molar-refractivity contribution in [3.05, 3.63) is 42.0 Å². The molecule has 0 saturated heterocycles. The number of fused-ring (bicyclic) bond motifs is 5. The van der Waals surface area contributed by atoms with E-state index in [2.05, 4.69) is 19.6 Å². The Morgan fingerprint density at radius 1 is 1.31 bits per heavy atom. The van der Waals surface area contributed by atoms with Crippen LogP contribution < -0.4 is 9.32 Å². The number of hydrogen-bond acceptors (Lipinski definition) is 4. The van der Waals surface area contributed by atoms with Gasteiger partial charge in [0.25, 0.3) is 0 Å². The number of aryl methyl sites for hydroxylation is 1. The smallest absolute Gasteiger partial charge is 0.380 e. The summed E-state index contributed by atoms with van der Waals surface area (Å²) in [7, 11) is -4.01. The SMILES string of the molecule is C=C[C@@]12CCc3cc(OS(N)(=O)=O)ccc3[C@H]1CC[C@@]1(C)[C@H]2CC[C@@H]1O. The van der Waals surface area contributed by atoms with Gasteiger partial charge in [-0.2, -0.15) is 13.6 Å². The minimum Gasteiger partial charge on any atom is -0.393 e. The fourth-order valence-electron chi connectivity index (χ4n) is 6.26. The van der Waals surface area contributed by atoms with E-state index in [4.69, 9.17) is 9.32 Å². The van der Waals surface area contributed by atoms with Crippen molar-refractivity contribution in [2.45, 2.75) is 57.5 Å². The Morgan fingerprint density at radius 3 is 2.77 bits per heavy atom. The molecular weight excluding hydrogens is 350 g/mol. The zero-order valence-electron chi connectivity index (χ0n) is 15.1. The standard InChI is InChI=1S/C20H27NO4S/c1-3-20-11-8-13-12-14(25-26(21,23)24)4-5-15(13)16(20)9-10-19(2)17(20)6-7-18(19)22/h3-5,12,16-18,22H,1,6-11H2,2H3,(H2,21,23,24)/t16-,17-,18+,19+,20-/m1/s1. The van der Waals surface area contributed by atoms with Crippen LogP contribution >= 0.6 is 0 Å². The molecule has 6 heteroatoms. The van der Waals surface area contributed by atoms with Crippen molar-refractivity contribution in [2.75, 3.05) is 0 Å². The van der Waals surface area contributed by atoms with Crippen molar-refractivity contribution in [3.8, 4) is 5.75 Å². The van der Waals surface area contributed by atoms with E-state index in [1.54, 1.807) is 6.07 Å².